The number of nitrogens with zero attached hydrogens (tertiary/aromatic N) is 2. The largest absolute Gasteiger partial charge is 0.310 e. The van der Waals surface area contributed by atoms with Gasteiger partial charge in [-0.1, -0.05) is 98.7 Å². The molecule has 0 aliphatic carbocycles. The van der Waals surface area contributed by atoms with Crippen molar-refractivity contribution in [3.63, 3.8) is 0 Å². The van der Waals surface area contributed by atoms with E-state index in [9.17, 15) is 9.59 Å². The van der Waals surface area contributed by atoms with E-state index in [0.29, 0.717) is 22.5 Å². The van der Waals surface area contributed by atoms with E-state index >= 15 is 0 Å². The summed E-state index contributed by atoms with van der Waals surface area (Å²) in [5.41, 5.74) is 6.70. The molecule has 4 aromatic rings. The summed E-state index contributed by atoms with van der Waals surface area (Å²) in [6, 6.07) is 33.7. The Balaban J connectivity index is 1.25. The van der Waals surface area contributed by atoms with Gasteiger partial charge in [-0.2, -0.15) is 0 Å². The zero-order chi connectivity index (χ0) is 30.8. The van der Waals surface area contributed by atoms with E-state index in [1.165, 1.54) is 20.9 Å². The van der Waals surface area contributed by atoms with Crippen molar-refractivity contribution >= 4 is 46.7 Å². The van der Waals surface area contributed by atoms with Crippen LogP contribution in [0.1, 0.15) is 48.9 Å². The van der Waals surface area contributed by atoms with Gasteiger partial charge in [-0.25, -0.2) is 0 Å². The fraction of sp³-hybridized carbons (Fsp3) is 0.211. The molecule has 2 aliphatic rings. The molecule has 4 aromatic carbocycles. The molecule has 6 rings (SSSR count). The Labute approximate surface area is 268 Å². The Morgan fingerprint density at radius 3 is 1.07 bits per heavy atom. The van der Waals surface area contributed by atoms with Gasteiger partial charge in [0.05, 0.1) is 22.5 Å². The number of carbonyl (C=O) groups excluding carboxylic acids is 2. The molecule has 0 aromatic heterocycles. The molecule has 0 radical (unpaired) electrons. The van der Waals surface area contributed by atoms with Gasteiger partial charge in [-0.3, -0.25) is 9.59 Å². The van der Waals surface area contributed by atoms with Gasteiger partial charge in [0.25, 0.3) is 11.8 Å². The number of carbonyl (C=O) groups is 2. The van der Waals surface area contributed by atoms with Gasteiger partial charge in [0.2, 0.25) is 0 Å². The molecule has 2 aliphatic heterocycles. The van der Waals surface area contributed by atoms with E-state index in [4.69, 9.17) is 0 Å². The van der Waals surface area contributed by atoms with E-state index in [-0.39, 0.29) is 11.8 Å². The van der Waals surface area contributed by atoms with E-state index in [1.807, 2.05) is 24.3 Å². The van der Waals surface area contributed by atoms with Gasteiger partial charge in [0.15, 0.2) is 0 Å². The molecule has 2 amide bonds. The Hall–Kier alpha value is -4.00. The normalized spacial score (nSPS) is 14.7. The number of likely N-dealkylation sites (N-methyl/N-ethyl adjacent to an activating group) is 2. The number of fused-ring (bicyclic) bond motifs is 1. The Bertz CT molecular complexity index is 1620. The fourth-order valence-electron chi connectivity index (χ4n) is 5.86. The minimum Gasteiger partial charge on any atom is -0.310 e. The summed E-state index contributed by atoms with van der Waals surface area (Å²) in [4.78, 5) is 35.1. The highest BCUT2D eigenvalue weighted by Gasteiger charge is 2.46. The van der Waals surface area contributed by atoms with Crippen molar-refractivity contribution in [2.24, 2.45) is 0 Å². The summed E-state index contributed by atoms with van der Waals surface area (Å²) in [7, 11) is 3.51. The topological polar surface area (TPSA) is 40.6 Å². The molecule has 0 bridgehead atoms. The molecule has 0 atom stereocenters. The van der Waals surface area contributed by atoms with Crippen LogP contribution in [0.25, 0.3) is 11.4 Å². The molecule has 44 heavy (non-hydrogen) atoms. The maximum Gasteiger partial charge on any atom is 0.261 e. The molecule has 0 spiro atoms. The SMILES string of the molecule is CCCc1ccc(Sc2ccc(C3=C4C(=O)N(C)C(c5ccc(Sc6ccc(CCC)cc6)cc5)=C4C(=O)N3C)cc2)cc1. The lowest BCUT2D eigenvalue weighted by molar-refractivity contribution is -0.123. The zero-order valence-electron chi connectivity index (χ0n) is 25.6. The van der Waals surface area contributed by atoms with Crippen LogP contribution in [0.3, 0.4) is 0 Å². The summed E-state index contributed by atoms with van der Waals surface area (Å²) < 4.78 is 0. The van der Waals surface area contributed by atoms with Crippen molar-refractivity contribution in [1.29, 1.82) is 0 Å². The second-order valence-corrected chi connectivity index (χ2v) is 13.5. The van der Waals surface area contributed by atoms with E-state index < -0.39 is 0 Å². The van der Waals surface area contributed by atoms with Crippen molar-refractivity contribution in [3.05, 3.63) is 130 Å². The fourth-order valence-corrected chi connectivity index (χ4v) is 7.50. The van der Waals surface area contributed by atoms with Gasteiger partial charge >= 0.3 is 0 Å². The number of hydrogen-bond donors (Lipinski definition) is 0. The van der Waals surface area contributed by atoms with Crippen LogP contribution in [0.2, 0.25) is 0 Å². The van der Waals surface area contributed by atoms with Gasteiger partial charge in [-0.05, 0) is 83.6 Å². The minimum atomic E-state index is -0.154. The van der Waals surface area contributed by atoms with Crippen LogP contribution in [0, 0.1) is 0 Å². The van der Waals surface area contributed by atoms with Crippen LogP contribution in [0.5, 0.6) is 0 Å². The molecular weight excluding hydrogens is 581 g/mol. The van der Waals surface area contributed by atoms with Crippen LogP contribution in [-0.2, 0) is 22.4 Å². The third-order valence-electron chi connectivity index (χ3n) is 8.08. The number of benzene rings is 4. The van der Waals surface area contributed by atoms with E-state index in [1.54, 1.807) is 47.4 Å². The molecule has 0 N–H and O–H groups in total. The van der Waals surface area contributed by atoms with Crippen LogP contribution in [0.4, 0.5) is 0 Å². The molecule has 222 valence electrons. The summed E-state index contributed by atoms with van der Waals surface area (Å²) in [5.74, 6) is -0.308. The Morgan fingerprint density at radius 2 is 0.773 bits per heavy atom. The average molecular weight is 617 g/mol. The first kappa shape index (κ1) is 30.0. The second kappa shape index (κ2) is 12.9. The summed E-state index contributed by atoms with van der Waals surface area (Å²) in [6.07, 6.45) is 4.46. The highest BCUT2D eigenvalue weighted by Crippen LogP contribution is 2.45. The molecule has 2 heterocycles. The molecule has 0 fully saturated rings. The van der Waals surface area contributed by atoms with Crippen molar-refractivity contribution in [2.75, 3.05) is 14.1 Å². The minimum absolute atomic E-state index is 0.154. The molecule has 6 heteroatoms. The summed E-state index contributed by atoms with van der Waals surface area (Å²) >= 11 is 3.41. The van der Waals surface area contributed by atoms with Crippen molar-refractivity contribution in [3.8, 4) is 0 Å². The number of aryl methyl sites for hydroxylation is 2. The molecular formula is C38H36N2O2S2. The quantitative estimate of drug-likeness (QED) is 0.178. The van der Waals surface area contributed by atoms with Crippen LogP contribution < -0.4 is 0 Å². The standard InChI is InChI=1S/C38H36N2O2S2/c1-5-7-25-9-17-29(18-10-25)43-31-21-13-27(14-22-31)35-33-34(38(42)39(35)3)36(40(4)37(33)41)28-15-23-32(24-16-28)44-30-19-11-26(8-6-2)12-20-30/h9-24H,5-8H2,1-4H3. The number of rotatable bonds is 10. The number of amides is 2. The first-order valence-electron chi connectivity index (χ1n) is 15.2. The summed E-state index contributed by atoms with van der Waals surface area (Å²) in [6.45, 7) is 4.39. The Morgan fingerprint density at radius 1 is 0.477 bits per heavy atom. The van der Waals surface area contributed by atoms with Gasteiger partial charge in [-0.15, -0.1) is 0 Å². The van der Waals surface area contributed by atoms with Crippen LogP contribution >= 0.6 is 23.5 Å². The summed E-state index contributed by atoms with van der Waals surface area (Å²) in [5, 5.41) is 0. The van der Waals surface area contributed by atoms with Crippen LogP contribution in [-0.4, -0.2) is 35.7 Å². The average Bonchev–Trinajstić information content (AvgIpc) is 3.44. The molecule has 4 nitrogen and oxygen atoms in total. The molecule has 0 unspecified atom stereocenters. The van der Waals surface area contributed by atoms with E-state index in [0.717, 1.165) is 46.6 Å². The lowest BCUT2D eigenvalue weighted by atomic mass is 10.0. The second-order valence-electron chi connectivity index (χ2n) is 11.2. The van der Waals surface area contributed by atoms with Crippen LogP contribution in [0.15, 0.2) is 128 Å². The van der Waals surface area contributed by atoms with E-state index in [2.05, 4.69) is 86.6 Å². The maximum atomic E-state index is 13.6. The van der Waals surface area contributed by atoms with Gasteiger partial charge < -0.3 is 9.80 Å². The predicted molar refractivity (Wildman–Crippen MR) is 181 cm³/mol. The first-order valence-corrected chi connectivity index (χ1v) is 16.8. The highest BCUT2D eigenvalue weighted by molar-refractivity contribution is 7.99. The zero-order valence-corrected chi connectivity index (χ0v) is 27.2. The van der Waals surface area contributed by atoms with Gasteiger partial charge in [0.1, 0.15) is 0 Å². The molecule has 0 saturated heterocycles. The van der Waals surface area contributed by atoms with Crippen molar-refractivity contribution in [2.45, 2.75) is 59.1 Å². The highest BCUT2D eigenvalue weighted by atomic mass is 32.2. The number of hydrogen-bond acceptors (Lipinski definition) is 4. The smallest absolute Gasteiger partial charge is 0.261 e. The molecule has 0 saturated carbocycles. The van der Waals surface area contributed by atoms with Crippen molar-refractivity contribution in [1.82, 2.24) is 9.80 Å². The monoisotopic (exact) mass is 616 g/mol. The third kappa shape index (κ3) is 5.89. The lowest BCUT2D eigenvalue weighted by Gasteiger charge is -2.20. The lowest BCUT2D eigenvalue weighted by Crippen LogP contribution is -2.25. The Kier molecular flexibility index (Phi) is 8.83. The third-order valence-corrected chi connectivity index (χ3v) is 10.1. The maximum absolute atomic E-state index is 13.6. The van der Waals surface area contributed by atoms with Crippen molar-refractivity contribution < 1.29 is 9.59 Å². The van der Waals surface area contributed by atoms with Gasteiger partial charge in [0, 0.05) is 33.7 Å². The first-order chi connectivity index (χ1) is 21.4. The predicted octanol–water partition coefficient (Wildman–Crippen LogP) is 8.96.